The van der Waals surface area contributed by atoms with Gasteiger partial charge in [-0.3, -0.25) is 14.4 Å². The van der Waals surface area contributed by atoms with Gasteiger partial charge in [0.1, 0.15) is 0 Å². The summed E-state index contributed by atoms with van der Waals surface area (Å²) < 4.78 is 1.90. The Hall–Kier alpha value is -2.14. The molecule has 1 amide bonds. The van der Waals surface area contributed by atoms with Gasteiger partial charge in [-0.2, -0.15) is 5.10 Å². The van der Waals surface area contributed by atoms with E-state index in [0.717, 1.165) is 32.6 Å². The highest BCUT2D eigenvalue weighted by molar-refractivity contribution is 5.83. The molecule has 2 aromatic rings. The fraction of sp³-hybridized carbons (Fsp3) is 0.474. The van der Waals surface area contributed by atoms with Crippen LogP contribution < -0.4 is 0 Å². The number of amides is 1. The van der Waals surface area contributed by atoms with E-state index >= 15 is 0 Å². The van der Waals surface area contributed by atoms with Crippen LogP contribution in [0.5, 0.6) is 0 Å². The van der Waals surface area contributed by atoms with E-state index in [-0.39, 0.29) is 11.9 Å². The molecule has 0 unspecified atom stereocenters. The molecule has 24 heavy (non-hydrogen) atoms. The van der Waals surface area contributed by atoms with Crippen LogP contribution in [0.1, 0.15) is 24.1 Å². The second-order valence-electron chi connectivity index (χ2n) is 7.03. The van der Waals surface area contributed by atoms with Crippen molar-refractivity contribution in [3.63, 3.8) is 0 Å². The van der Waals surface area contributed by atoms with Gasteiger partial charge in [0.05, 0.1) is 11.7 Å². The highest BCUT2D eigenvalue weighted by Crippen LogP contribution is 2.31. The Labute approximate surface area is 142 Å². The van der Waals surface area contributed by atoms with Crippen LogP contribution in [0.3, 0.4) is 0 Å². The third kappa shape index (κ3) is 2.96. The zero-order valence-electron chi connectivity index (χ0n) is 14.1. The molecule has 2 aliphatic rings. The molecule has 5 nitrogen and oxygen atoms in total. The summed E-state index contributed by atoms with van der Waals surface area (Å²) in [6.45, 7) is 3.44. The molecule has 1 aromatic heterocycles. The fourth-order valence-corrected chi connectivity index (χ4v) is 4.02. The third-order valence-corrected chi connectivity index (χ3v) is 5.40. The van der Waals surface area contributed by atoms with Gasteiger partial charge in [0.25, 0.3) is 0 Å². The van der Waals surface area contributed by atoms with Gasteiger partial charge in [0.15, 0.2) is 0 Å². The van der Waals surface area contributed by atoms with Gasteiger partial charge < -0.3 is 4.90 Å². The fourth-order valence-electron chi connectivity index (χ4n) is 4.02. The lowest BCUT2D eigenvalue weighted by atomic mass is 9.85. The van der Waals surface area contributed by atoms with Crippen molar-refractivity contribution in [2.75, 3.05) is 13.1 Å². The van der Waals surface area contributed by atoms with Crippen molar-refractivity contribution in [3.8, 4) is 0 Å². The van der Waals surface area contributed by atoms with Crippen molar-refractivity contribution in [2.45, 2.75) is 32.0 Å². The standard InChI is InChI=1S/C19H24N4O/c1-21-17(7-9-20-21)14-22-10-8-16-11-18(22)19(24)23(13-16)12-15-5-3-2-4-6-15/h2-7,9,16,18H,8,10-14H2,1H3/t16-,18+/m0/s1. The monoisotopic (exact) mass is 324 g/mol. The van der Waals surface area contributed by atoms with Crippen LogP contribution in [0.25, 0.3) is 0 Å². The Bertz CT molecular complexity index is 711. The summed E-state index contributed by atoms with van der Waals surface area (Å²) >= 11 is 0. The van der Waals surface area contributed by atoms with Crippen LogP contribution in [0.4, 0.5) is 0 Å². The molecule has 2 aliphatic heterocycles. The lowest BCUT2D eigenvalue weighted by Crippen LogP contribution is -2.58. The smallest absolute Gasteiger partial charge is 0.240 e. The van der Waals surface area contributed by atoms with E-state index in [0.29, 0.717) is 5.92 Å². The first-order valence-electron chi connectivity index (χ1n) is 8.74. The predicted octanol–water partition coefficient (Wildman–Crippen LogP) is 2.04. The second-order valence-corrected chi connectivity index (χ2v) is 7.03. The Kier molecular flexibility index (Phi) is 4.10. The maximum atomic E-state index is 13.0. The van der Waals surface area contributed by atoms with E-state index in [4.69, 9.17) is 0 Å². The van der Waals surface area contributed by atoms with Gasteiger partial charge in [-0.1, -0.05) is 30.3 Å². The first kappa shape index (κ1) is 15.4. The zero-order chi connectivity index (χ0) is 16.5. The number of hydrogen-bond donors (Lipinski definition) is 0. The Balaban J connectivity index is 1.49. The molecule has 126 valence electrons. The van der Waals surface area contributed by atoms with Gasteiger partial charge in [0.2, 0.25) is 5.91 Å². The number of aryl methyl sites for hydroxylation is 1. The number of benzene rings is 1. The maximum Gasteiger partial charge on any atom is 0.240 e. The molecule has 3 heterocycles. The number of aromatic nitrogens is 2. The van der Waals surface area contributed by atoms with Crippen molar-refractivity contribution in [3.05, 3.63) is 53.9 Å². The number of rotatable bonds is 4. The minimum atomic E-state index is 0.0242. The van der Waals surface area contributed by atoms with E-state index in [9.17, 15) is 4.79 Å². The average Bonchev–Trinajstić information content (AvgIpc) is 3.00. The number of piperidine rings is 2. The van der Waals surface area contributed by atoms with Crippen LogP contribution in [-0.2, 0) is 24.9 Å². The van der Waals surface area contributed by atoms with Gasteiger partial charge in [-0.25, -0.2) is 0 Å². The number of carbonyl (C=O) groups is 1. The summed E-state index contributed by atoms with van der Waals surface area (Å²) in [5.41, 5.74) is 2.38. The molecule has 0 saturated carbocycles. The van der Waals surface area contributed by atoms with E-state index in [2.05, 4.69) is 27.0 Å². The molecule has 0 N–H and O–H groups in total. The van der Waals surface area contributed by atoms with Crippen molar-refractivity contribution in [1.82, 2.24) is 19.6 Å². The number of likely N-dealkylation sites (tertiary alicyclic amines) is 2. The largest absolute Gasteiger partial charge is 0.337 e. The third-order valence-electron chi connectivity index (χ3n) is 5.40. The normalized spacial score (nSPS) is 24.4. The molecule has 0 radical (unpaired) electrons. The molecule has 5 heteroatoms. The van der Waals surface area contributed by atoms with Crippen LogP contribution in [0.15, 0.2) is 42.6 Å². The van der Waals surface area contributed by atoms with E-state index in [1.807, 2.05) is 42.2 Å². The minimum absolute atomic E-state index is 0.0242. The summed E-state index contributed by atoms with van der Waals surface area (Å²) in [6, 6.07) is 12.4. The zero-order valence-corrected chi connectivity index (χ0v) is 14.1. The molecule has 1 aromatic carbocycles. The first-order valence-corrected chi connectivity index (χ1v) is 8.74. The van der Waals surface area contributed by atoms with Gasteiger partial charge >= 0.3 is 0 Å². The summed E-state index contributed by atoms with van der Waals surface area (Å²) in [4.78, 5) is 17.4. The number of carbonyl (C=O) groups excluding carboxylic acids is 1. The Morgan fingerprint density at radius 3 is 2.75 bits per heavy atom. The summed E-state index contributed by atoms with van der Waals surface area (Å²) in [6.07, 6.45) is 4.00. The summed E-state index contributed by atoms with van der Waals surface area (Å²) in [7, 11) is 1.96. The molecule has 2 atom stereocenters. The molecule has 2 saturated heterocycles. The van der Waals surface area contributed by atoms with Gasteiger partial charge in [-0.05, 0) is 36.9 Å². The molecular formula is C19H24N4O. The lowest BCUT2D eigenvalue weighted by molar-refractivity contribution is -0.146. The van der Waals surface area contributed by atoms with E-state index in [1.165, 1.54) is 17.7 Å². The second kappa shape index (κ2) is 6.40. The molecule has 4 rings (SSSR count). The van der Waals surface area contributed by atoms with Crippen molar-refractivity contribution >= 4 is 5.91 Å². The van der Waals surface area contributed by atoms with Crippen LogP contribution in [0, 0.1) is 5.92 Å². The molecule has 0 spiro atoms. The quantitative estimate of drug-likeness (QED) is 0.864. The minimum Gasteiger partial charge on any atom is -0.337 e. The van der Waals surface area contributed by atoms with Crippen molar-refractivity contribution < 1.29 is 4.79 Å². The molecule has 2 fully saturated rings. The average molecular weight is 324 g/mol. The van der Waals surface area contributed by atoms with E-state index < -0.39 is 0 Å². The van der Waals surface area contributed by atoms with Crippen LogP contribution >= 0.6 is 0 Å². The maximum absolute atomic E-state index is 13.0. The van der Waals surface area contributed by atoms with Crippen molar-refractivity contribution in [1.29, 1.82) is 0 Å². The van der Waals surface area contributed by atoms with Gasteiger partial charge in [-0.15, -0.1) is 0 Å². The number of hydrogen-bond acceptors (Lipinski definition) is 3. The van der Waals surface area contributed by atoms with Gasteiger partial charge in [0, 0.05) is 32.9 Å². The lowest BCUT2D eigenvalue weighted by Gasteiger charge is -2.46. The summed E-state index contributed by atoms with van der Waals surface area (Å²) in [5, 5.41) is 4.25. The first-order chi connectivity index (χ1) is 11.7. The van der Waals surface area contributed by atoms with Crippen LogP contribution in [-0.4, -0.2) is 44.6 Å². The highest BCUT2D eigenvalue weighted by atomic mass is 16.2. The van der Waals surface area contributed by atoms with E-state index in [1.54, 1.807) is 0 Å². The number of fused-ring (bicyclic) bond motifs is 2. The SMILES string of the molecule is Cn1nccc1CN1CC[C@H]2C[C@@H]1C(=O)N(Cc1ccccc1)C2. The topological polar surface area (TPSA) is 41.4 Å². The molecule has 0 aliphatic carbocycles. The molecular weight excluding hydrogens is 300 g/mol. The predicted molar refractivity (Wildman–Crippen MR) is 92.0 cm³/mol. The van der Waals surface area contributed by atoms with Crippen LogP contribution in [0.2, 0.25) is 0 Å². The highest BCUT2D eigenvalue weighted by Gasteiger charge is 2.41. The Morgan fingerprint density at radius 2 is 2.00 bits per heavy atom. The van der Waals surface area contributed by atoms with Crippen molar-refractivity contribution in [2.24, 2.45) is 13.0 Å². The molecule has 2 bridgehead atoms. The summed E-state index contributed by atoms with van der Waals surface area (Å²) in [5.74, 6) is 0.927. The number of nitrogens with zero attached hydrogens (tertiary/aromatic N) is 4. The Morgan fingerprint density at radius 1 is 1.17 bits per heavy atom.